The van der Waals surface area contributed by atoms with Crippen molar-refractivity contribution in [2.24, 2.45) is 4.99 Å². The molecule has 7 heteroatoms. The number of nitrogens with zero attached hydrogens (tertiary/aromatic N) is 2. The summed E-state index contributed by atoms with van der Waals surface area (Å²) in [4.78, 5) is 40.1. The number of carbonyl (C=O) groups is 3. The van der Waals surface area contributed by atoms with E-state index in [4.69, 9.17) is 5.11 Å². The zero-order valence-electron chi connectivity index (χ0n) is 15.3. The van der Waals surface area contributed by atoms with Gasteiger partial charge in [0.2, 0.25) is 5.91 Å². The highest BCUT2D eigenvalue weighted by atomic mass is 16.5. The number of aliphatic imine (C=N–C) groups is 1. The standard InChI is InChI=1S/C19H24N2O5/c1-21(2)17(23)11-6-4-5-8-14-9-7-10-15(12-14)18(24)20-16(13-22)19(25)26-3/h5,7-10,12,22H,4,6,11,13H2,1-3H3/b8-5-,20-16+. The van der Waals surface area contributed by atoms with Gasteiger partial charge in [-0.3, -0.25) is 9.59 Å². The van der Waals surface area contributed by atoms with E-state index >= 15 is 0 Å². The molecule has 0 heterocycles. The molecule has 0 atom stereocenters. The normalized spacial score (nSPS) is 11.5. The van der Waals surface area contributed by atoms with Crippen molar-refractivity contribution in [2.45, 2.75) is 19.3 Å². The van der Waals surface area contributed by atoms with Gasteiger partial charge in [0.1, 0.15) is 0 Å². The van der Waals surface area contributed by atoms with Crippen molar-refractivity contribution in [3.05, 3.63) is 41.5 Å². The van der Waals surface area contributed by atoms with Gasteiger partial charge in [0.05, 0.1) is 13.7 Å². The van der Waals surface area contributed by atoms with Crippen molar-refractivity contribution in [2.75, 3.05) is 27.8 Å². The summed E-state index contributed by atoms with van der Waals surface area (Å²) < 4.78 is 4.45. The van der Waals surface area contributed by atoms with Crippen LogP contribution in [-0.2, 0) is 14.3 Å². The number of ether oxygens (including phenoxy) is 1. The molecule has 0 aromatic heterocycles. The summed E-state index contributed by atoms with van der Waals surface area (Å²) in [7, 11) is 4.60. The molecule has 1 aromatic rings. The van der Waals surface area contributed by atoms with Crippen LogP contribution in [0.1, 0.15) is 35.2 Å². The molecule has 1 rings (SSSR count). The Morgan fingerprint density at radius 3 is 2.62 bits per heavy atom. The van der Waals surface area contributed by atoms with Crippen LogP contribution in [0.4, 0.5) is 0 Å². The van der Waals surface area contributed by atoms with Gasteiger partial charge in [-0.25, -0.2) is 9.79 Å². The number of amides is 2. The minimum Gasteiger partial charge on any atom is -0.464 e. The van der Waals surface area contributed by atoms with E-state index in [1.165, 1.54) is 0 Å². The summed E-state index contributed by atoms with van der Waals surface area (Å²) in [6.07, 6.45) is 5.77. The molecule has 2 amide bonds. The molecule has 1 N–H and O–H groups in total. The quantitative estimate of drug-likeness (QED) is 0.432. The molecular formula is C19H24N2O5. The molecule has 26 heavy (non-hydrogen) atoms. The molecule has 0 aliphatic rings. The Bertz CT molecular complexity index is 708. The van der Waals surface area contributed by atoms with Gasteiger partial charge in [-0.05, 0) is 30.5 Å². The third kappa shape index (κ3) is 6.98. The van der Waals surface area contributed by atoms with Gasteiger partial charge >= 0.3 is 5.97 Å². The summed E-state index contributed by atoms with van der Waals surface area (Å²) in [6, 6.07) is 6.74. The average Bonchev–Trinajstić information content (AvgIpc) is 2.64. The average molecular weight is 360 g/mol. The van der Waals surface area contributed by atoms with Gasteiger partial charge in [-0.2, -0.15) is 0 Å². The number of allylic oxidation sites excluding steroid dienone is 1. The second-order valence-corrected chi connectivity index (χ2v) is 5.72. The second-order valence-electron chi connectivity index (χ2n) is 5.72. The van der Waals surface area contributed by atoms with E-state index in [1.807, 2.05) is 18.2 Å². The van der Waals surface area contributed by atoms with E-state index < -0.39 is 18.5 Å². The van der Waals surface area contributed by atoms with Gasteiger partial charge in [0, 0.05) is 26.1 Å². The fourth-order valence-electron chi connectivity index (χ4n) is 2.04. The van der Waals surface area contributed by atoms with E-state index in [-0.39, 0.29) is 11.6 Å². The number of unbranched alkanes of at least 4 members (excludes halogenated alkanes) is 1. The Balaban J connectivity index is 2.71. The van der Waals surface area contributed by atoms with Crippen molar-refractivity contribution in [3.8, 4) is 0 Å². The van der Waals surface area contributed by atoms with Crippen molar-refractivity contribution in [3.63, 3.8) is 0 Å². The Morgan fingerprint density at radius 1 is 1.27 bits per heavy atom. The molecule has 0 aliphatic carbocycles. The van der Waals surface area contributed by atoms with Gasteiger partial charge in [0.25, 0.3) is 5.91 Å². The van der Waals surface area contributed by atoms with E-state index in [0.29, 0.717) is 12.0 Å². The number of aliphatic hydroxyl groups excluding tert-OH is 1. The molecule has 0 radical (unpaired) electrons. The number of aliphatic hydroxyl groups is 1. The summed E-state index contributed by atoms with van der Waals surface area (Å²) in [5.41, 5.74) is 0.752. The molecule has 0 bridgehead atoms. The number of methoxy groups -OCH3 is 1. The zero-order chi connectivity index (χ0) is 19.5. The Hall–Kier alpha value is -2.80. The molecule has 7 nitrogen and oxygen atoms in total. The lowest BCUT2D eigenvalue weighted by molar-refractivity contribution is -0.133. The van der Waals surface area contributed by atoms with Crippen LogP contribution in [0, 0.1) is 0 Å². The molecule has 0 spiro atoms. The van der Waals surface area contributed by atoms with E-state index in [9.17, 15) is 14.4 Å². The third-order valence-corrected chi connectivity index (χ3v) is 3.51. The number of hydrogen-bond donors (Lipinski definition) is 1. The minimum atomic E-state index is -0.843. The molecule has 1 aromatic carbocycles. The molecule has 0 saturated carbocycles. The molecule has 0 saturated heterocycles. The van der Waals surface area contributed by atoms with E-state index in [0.717, 1.165) is 25.5 Å². The SMILES string of the molecule is COC(=O)/C(CO)=N/C(=O)c1cccc(/C=C\CCCC(=O)N(C)C)c1. The maximum absolute atomic E-state index is 12.1. The fraction of sp³-hybridized carbons (Fsp3) is 0.368. The first kappa shape index (κ1) is 21.2. The van der Waals surface area contributed by atoms with Crippen LogP contribution in [0.15, 0.2) is 35.3 Å². The van der Waals surface area contributed by atoms with Crippen LogP contribution >= 0.6 is 0 Å². The number of esters is 1. The highest BCUT2D eigenvalue weighted by Gasteiger charge is 2.14. The van der Waals surface area contributed by atoms with E-state index in [2.05, 4.69) is 9.73 Å². The van der Waals surface area contributed by atoms with Crippen LogP contribution < -0.4 is 0 Å². The van der Waals surface area contributed by atoms with Crippen LogP contribution in [0.5, 0.6) is 0 Å². The number of rotatable bonds is 8. The summed E-state index contributed by atoms with van der Waals surface area (Å²) in [5, 5.41) is 9.10. The van der Waals surface area contributed by atoms with Crippen LogP contribution in [-0.4, -0.2) is 61.3 Å². The number of carbonyl (C=O) groups excluding carboxylic acids is 3. The van der Waals surface area contributed by atoms with Crippen LogP contribution in [0.2, 0.25) is 0 Å². The van der Waals surface area contributed by atoms with Gasteiger partial charge < -0.3 is 14.7 Å². The monoisotopic (exact) mass is 360 g/mol. The van der Waals surface area contributed by atoms with Gasteiger partial charge in [-0.15, -0.1) is 0 Å². The maximum Gasteiger partial charge on any atom is 0.354 e. The lowest BCUT2D eigenvalue weighted by atomic mass is 10.1. The third-order valence-electron chi connectivity index (χ3n) is 3.51. The zero-order valence-corrected chi connectivity index (χ0v) is 15.3. The predicted molar refractivity (Wildman–Crippen MR) is 98.9 cm³/mol. The predicted octanol–water partition coefficient (Wildman–Crippen LogP) is 1.70. The van der Waals surface area contributed by atoms with Crippen molar-refractivity contribution >= 4 is 29.6 Å². The Morgan fingerprint density at radius 2 is 2.00 bits per heavy atom. The Kier molecular flexibility index (Phi) is 8.94. The van der Waals surface area contributed by atoms with Crippen molar-refractivity contribution in [1.29, 1.82) is 0 Å². The van der Waals surface area contributed by atoms with Crippen LogP contribution in [0.25, 0.3) is 6.08 Å². The lowest BCUT2D eigenvalue weighted by Crippen LogP contribution is -2.21. The first-order valence-electron chi connectivity index (χ1n) is 8.16. The van der Waals surface area contributed by atoms with Crippen molar-refractivity contribution in [1.82, 2.24) is 4.90 Å². The van der Waals surface area contributed by atoms with Crippen LogP contribution in [0.3, 0.4) is 0 Å². The molecule has 0 fully saturated rings. The highest BCUT2D eigenvalue weighted by Crippen LogP contribution is 2.10. The summed E-state index contributed by atoms with van der Waals surface area (Å²) in [5.74, 6) is -1.38. The lowest BCUT2D eigenvalue weighted by Gasteiger charge is -2.08. The number of hydrogen-bond acceptors (Lipinski definition) is 5. The van der Waals surface area contributed by atoms with E-state index in [1.54, 1.807) is 37.2 Å². The molecular weight excluding hydrogens is 336 g/mol. The van der Waals surface area contributed by atoms with Gasteiger partial charge in [0.15, 0.2) is 5.71 Å². The van der Waals surface area contributed by atoms with Crippen molar-refractivity contribution < 1.29 is 24.2 Å². The summed E-state index contributed by atoms with van der Waals surface area (Å²) >= 11 is 0. The number of benzene rings is 1. The largest absolute Gasteiger partial charge is 0.464 e. The van der Waals surface area contributed by atoms with Gasteiger partial charge in [-0.1, -0.05) is 24.3 Å². The molecule has 0 aliphatic heterocycles. The molecule has 140 valence electrons. The fourth-order valence-corrected chi connectivity index (χ4v) is 2.04. The Labute approximate surface area is 153 Å². The first-order valence-corrected chi connectivity index (χ1v) is 8.16. The maximum atomic E-state index is 12.1. The first-order chi connectivity index (χ1) is 12.4. The molecule has 0 unspecified atom stereocenters. The highest BCUT2D eigenvalue weighted by molar-refractivity contribution is 6.39. The summed E-state index contributed by atoms with van der Waals surface area (Å²) in [6.45, 7) is -0.677. The minimum absolute atomic E-state index is 0.0918. The topological polar surface area (TPSA) is 96.3 Å². The smallest absolute Gasteiger partial charge is 0.354 e. The second kappa shape index (κ2) is 10.9.